The molecule has 40 heavy (non-hydrogen) atoms. The van der Waals surface area contributed by atoms with Gasteiger partial charge in [-0.15, -0.1) is 0 Å². The van der Waals surface area contributed by atoms with Gasteiger partial charge in [0.25, 0.3) is 5.91 Å². The summed E-state index contributed by atoms with van der Waals surface area (Å²) in [5, 5.41) is 11.1. The molecular weight excluding hydrogens is 512 g/mol. The molecule has 0 bridgehead atoms. The van der Waals surface area contributed by atoms with Gasteiger partial charge in [0.2, 0.25) is 11.8 Å². The topological polar surface area (TPSA) is 123 Å². The summed E-state index contributed by atoms with van der Waals surface area (Å²) < 4.78 is 17.7. The summed E-state index contributed by atoms with van der Waals surface area (Å²) in [5.74, 6) is 1.58. The zero-order valence-corrected chi connectivity index (χ0v) is 23.1. The largest absolute Gasteiger partial charge is 0.477 e. The third-order valence-electron chi connectivity index (χ3n) is 9.69. The lowest BCUT2D eigenvalue weighted by atomic mass is 9.94. The van der Waals surface area contributed by atoms with Gasteiger partial charge < -0.3 is 24.0 Å². The molecule has 5 heterocycles. The summed E-state index contributed by atoms with van der Waals surface area (Å²) in [6, 6.07) is 3.76. The van der Waals surface area contributed by atoms with Crippen molar-refractivity contribution >= 4 is 11.8 Å². The summed E-state index contributed by atoms with van der Waals surface area (Å²) in [6.45, 7) is 4.39. The van der Waals surface area contributed by atoms with Crippen molar-refractivity contribution in [2.45, 2.75) is 63.0 Å². The maximum absolute atomic E-state index is 13.8. The van der Waals surface area contributed by atoms with Crippen LogP contribution in [0.5, 0.6) is 5.88 Å². The molecule has 0 aromatic carbocycles. The lowest BCUT2D eigenvalue weighted by molar-refractivity contribution is -0.137. The Balaban J connectivity index is 1.03. The quantitative estimate of drug-likeness (QED) is 0.557. The Labute approximate surface area is 233 Å². The normalized spacial score (nSPS) is 28.4. The van der Waals surface area contributed by atoms with Crippen LogP contribution in [-0.2, 0) is 27.2 Å². The molecule has 1 N–H and O–H groups in total. The number of amides is 2. The second-order valence-corrected chi connectivity index (χ2v) is 12.3. The maximum Gasteiger partial charge on any atom is 0.254 e. The predicted molar refractivity (Wildman–Crippen MR) is 143 cm³/mol. The van der Waals surface area contributed by atoms with Crippen LogP contribution in [0.2, 0.25) is 0 Å². The Morgan fingerprint density at radius 3 is 2.73 bits per heavy atom. The van der Waals surface area contributed by atoms with Gasteiger partial charge >= 0.3 is 0 Å². The number of ether oxygens (including phenoxy) is 3. The lowest BCUT2D eigenvalue weighted by Crippen LogP contribution is -2.42. The van der Waals surface area contributed by atoms with Gasteiger partial charge in [0.15, 0.2) is 0 Å². The Hall–Kier alpha value is -3.05. The van der Waals surface area contributed by atoms with E-state index in [0.29, 0.717) is 62.5 Å². The van der Waals surface area contributed by atoms with Crippen LogP contribution in [0.25, 0.3) is 0 Å². The standard InChI is InChI=1S/C29H38N6O5/c1-38-29-13-21(28(37)34-7-4-23-25(15-34)32-33-31-23)10-22(29)14-35(17-29)27(36)20-11-24(19-2-3-19)30-26(12-20)40-16-18-5-8-39-9-6-18/h11-12,18-19,21-22H,2-10,13-17H2,1H3,(H,31,32,33). The van der Waals surface area contributed by atoms with Crippen molar-refractivity contribution in [3.63, 3.8) is 0 Å². The van der Waals surface area contributed by atoms with Crippen LogP contribution in [0, 0.1) is 17.8 Å². The second kappa shape index (κ2) is 10.4. The SMILES string of the molecule is COC12CC(C(=O)N3CCc4n[nH]nc4C3)CC1CN(C(=O)c1cc(OCC3CCOCC3)nc(C3CC3)c1)C2. The minimum absolute atomic E-state index is 0.0106. The van der Waals surface area contributed by atoms with Gasteiger partial charge in [-0.3, -0.25) is 9.59 Å². The molecular formula is C29H38N6O5. The molecule has 2 aliphatic carbocycles. The number of H-pyrrole nitrogens is 1. The molecule has 5 aliphatic rings. The number of carbonyl (C=O) groups excluding carboxylic acids is 2. The molecule has 3 unspecified atom stereocenters. The number of methoxy groups -OCH3 is 1. The Morgan fingerprint density at radius 1 is 1.12 bits per heavy atom. The number of pyridine rings is 1. The maximum atomic E-state index is 13.8. The molecule has 2 saturated heterocycles. The average molecular weight is 551 g/mol. The number of likely N-dealkylation sites (tertiary alicyclic amines) is 1. The first-order valence-electron chi connectivity index (χ1n) is 14.8. The highest BCUT2D eigenvalue weighted by molar-refractivity contribution is 5.95. The summed E-state index contributed by atoms with van der Waals surface area (Å²) in [4.78, 5) is 35.9. The van der Waals surface area contributed by atoms with Crippen LogP contribution in [0.15, 0.2) is 12.1 Å². The number of nitrogens with zero attached hydrogens (tertiary/aromatic N) is 5. The van der Waals surface area contributed by atoms with E-state index >= 15 is 0 Å². The molecule has 2 saturated carbocycles. The molecule has 0 spiro atoms. The molecule has 11 nitrogen and oxygen atoms in total. The molecule has 7 rings (SSSR count). The summed E-state index contributed by atoms with van der Waals surface area (Å²) >= 11 is 0. The first-order valence-corrected chi connectivity index (χ1v) is 14.8. The van der Waals surface area contributed by atoms with Gasteiger partial charge in [0, 0.05) is 74.9 Å². The molecule has 2 amide bonds. The van der Waals surface area contributed by atoms with Gasteiger partial charge in [-0.05, 0) is 50.5 Å². The van der Waals surface area contributed by atoms with Crippen molar-refractivity contribution < 1.29 is 23.8 Å². The molecule has 214 valence electrons. The molecule has 4 fully saturated rings. The zero-order valence-electron chi connectivity index (χ0n) is 23.1. The Bertz CT molecular complexity index is 1270. The first-order chi connectivity index (χ1) is 19.5. The van der Waals surface area contributed by atoms with E-state index < -0.39 is 5.60 Å². The fourth-order valence-electron chi connectivity index (χ4n) is 7.13. The van der Waals surface area contributed by atoms with E-state index in [2.05, 4.69) is 15.4 Å². The molecule has 11 heteroatoms. The number of nitrogens with one attached hydrogen (secondary N) is 1. The van der Waals surface area contributed by atoms with Crippen molar-refractivity contribution in [1.29, 1.82) is 0 Å². The van der Waals surface area contributed by atoms with Crippen LogP contribution in [0.3, 0.4) is 0 Å². The van der Waals surface area contributed by atoms with Gasteiger partial charge in [-0.25, -0.2) is 4.98 Å². The zero-order chi connectivity index (χ0) is 27.3. The highest BCUT2D eigenvalue weighted by atomic mass is 16.5. The summed E-state index contributed by atoms with van der Waals surface area (Å²) in [6.07, 6.45) is 6.26. The van der Waals surface area contributed by atoms with Gasteiger partial charge in [-0.2, -0.15) is 15.4 Å². The highest BCUT2D eigenvalue weighted by Gasteiger charge is 2.56. The van der Waals surface area contributed by atoms with E-state index in [1.165, 1.54) is 0 Å². The van der Waals surface area contributed by atoms with E-state index in [0.717, 1.165) is 68.8 Å². The van der Waals surface area contributed by atoms with Gasteiger partial charge in [-0.1, -0.05) is 0 Å². The Morgan fingerprint density at radius 2 is 1.95 bits per heavy atom. The van der Waals surface area contributed by atoms with Crippen LogP contribution in [0.1, 0.15) is 71.9 Å². The lowest BCUT2D eigenvalue weighted by Gasteiger charge is -2.30. The molecule has 0 radical (unpaired) electrons. The van der Waals surface area contributed by atoms with E-state index in [4.69, 9.17) is 19.2 Å². The number of carbonyl (C=O) groups is 2. The number of aromatic amines is 1. The fraction of sp³-hybridized carbons (Fsp3) is 0.690. The van der Waals surface area contributed by atoms with Crippen LogP contribution < -0.4 is 4.74 Å². The van der Waals surface area contributed by atoms with Crippen molar-refractivity contribution in [3.8, 4) is 5.88 Å². The fourth-order valence-corrected chi connectivity index (χ4v) is 7.13. The second-order valence-electron chi connectivity index (χ2n) is 12.3. The monoisotopic (exact) mass is 550 g/mol. The number of rotatable bonds is 7. The minimum atomic E-state index is -0.500. The summed E-state index contributed by atoms with van der Waals surface area (Å²) in [5.41, 5.74) is 2.90. The summed E-state index contributed by atoms with van der Waals surface area (Å²) in [7, 11) is 1.72. The third-order valence-corrected chi connectivity index (χ3v) is 9.69. The van der Waals surface area contributed by atoms with Crippen molar-refractivity contribution in [2.24, 2.45) is 17.8 Å². The van der Waals surface area contributed by atoms with E-state index in [1.807, 2.05) is 21.9 Å². The first kappa shape index (κ1) is 25.9. The number of fused-ring (bicyclic) bond motifs is 2. The molecule has 2 aromatic rings. The van der Waals surface area contributed by atoms with Crippen molar-refractivity contribution in [1.82, 2.24) is 30.2 Å². The van der Waals surface area contributed by atoms with Crippen LogP contribution in [0.4, 0.5) is 0 Å². The molecule has 3 aliphatic heterocycles. The number of aromatic nitrogens is 4. The Kier molecular flexibility index (Phi) is 6.74. The molecule has 3 atom stereocenters. The van der Waals surface area contributed by atoms with Crippen molar-refractivity contribution in [2.75, 3.05) is 46.6 Å². The van der Waals surface area contributed by atoms with E-state index in [9.17, 15) is 9.59 Å². The van der Waals surface area contributed by atoms with Gasteiger partial charge in [0.1, 0.15) is 5.69 Å². The highest BCUT2D eigenvalue weighted by Crippen LogP contribution is 2.48. The predicted octanol–water partition coefficient (Wildman–Crippen LogP) is 2.33. The van der Waals surface area contributed by atoms with E-state index in [1.54, 1.807) is 7.11 Å². The van der Waals surface area contributed by atoms with Crippen LogP contribution in [-0.4, -0.2) is 94.2 Å². The number of hydrogen-bond donors (Lipinski definition) is 1. The molecule has 2 aromatic heterocycles. The van der Waals surface area contributed by atoms with E-state index in [-0.39, 0.29) is 23.7 Å². The number of hydrogen-bond acceptors (Lipinski definition) is 8. The van der Waals surface area contributed by atoms with Crippen molar-refractivity contribution in [3.05, 3.63) is 34.8 Å². The van der Waals surface area contributed by atoms with Gasteiger partial charge in [0.05, 0.1) is 31.0 Å². The third kappa shape index (κ3) is 4.87. The van der Waals surface area contributed by atoms with Crippen LogP contribution >= 0.6 is 0 Å². The minimum Gasteiger partial charge on any atom is -0.477 e. The smallest absolute Gasteiger partial charge is 0.254 e. The average Bonchev–Trinajstić information content (AvgIpc) is 3.48.